The van der Waals surface area contributed by atoms with E-state index in [1.54, 1.807) is 24.3 Å². The van der Waals surface area contributed by atoms with Gasteiger partial charge < -0.3 is 118 Å². The van der Waals surface area contributed by atoms with Crippen LogP contribution < -0.4 is 74.9 Å². The van der Waals surface area contributed by atoms with Crippen LogP contribution in [0.5, 0.6) is 0 Å². The van der Waals surface area contributed by atoms with Gasteiger partial charge in [0.2, 0.25) is 23.6 Å². The molecule has 800 valence electrons. The largest absolute Gasteiger partial charge is 0.478 e. The van der Waals surface area contributed by atoms with E-state index in [0.717, 1.165) is 100 Å². The number of rotatable bonds is 69. The maximum absolute atomic E-state index is 13.4. The van der Waals surface area contributed by atoms with Crippen LogP contribution >= 0.6 is 47.0 Å². The summed E-state index contributed by atoms with van der Waals surface area (Å²) >= 11 is 7.43. The average Bonchev–Trinajstić information content (AvgIpc) is 1.72. The zero-order valence-electron chi connectivity index (χ0n) is 84.1. The fourth-order valence-electron chi connectivity index (χ4n) is 17.6. The van der Waals surface area contributed by atoms with Gasteiger partial charge in [-0.3, -0.25) is 52.7 Å². The lowest BCUT2D eigenvalue weighted by Crippen LogP contribution is -2.36. The first-order valence-corrected chi connectivity index (χ1v) is 55.1. The summed E-state index contributed by atoms with van der Waals surface area (Å²) < 4.78 is 42.6. The molecule has 0 saturated carbocycles. The summed E-state index contributed by atoms with van der Waals surface area (Å²) in [6, 6.07) is 10.7. The number of ether oxygens (including phenoxy) is 8. The number of unbranched alkanes of at least 4 members (excludes halogenated alkanes) is 4. The number of carboxylic acids is 1. The molecule has 8 aliphatic heterocycles. The van der Waals surface area contributed by atoms with Gasteiger partial charge >= 0.3 is 42.0 Å². The Balaban J connectivity index is 0.000000303. The van der Waals surface area contributed by atoms with Crippen molar-refractivity contribution in [2.75, 3.05) is 142 Å². The highest BCUT2D eigenvalue weighted by Gasteiger charge is 2.46. The molecule has 13 amide bonds. The number of carboxylic acid groups (broad SMARTS) is 1. The summed E-state index contributed by atoms with van der Waals surface area (Å²) in [5, 5.41) is 49.2. The average molecular weight is 2080 g/mol. The predicted octanol–water partition coefficient (Wildman–Crippen LogP) is 7.24. The van der Waals surface area contributed by atoms with Crippen molar-refractivity contribution in [2.24, 2.45) is 5.73 Å². The third-order valence-corrected chi connectivity index (χ3v) is 30.4. The smallest absolute Gasteiger partial charge is 0.335 e. The number of Topliss-reactive ketones (excluding diaryl/α,β-unsaturated/α-hetero) is 4. The molecule has 8 aliphatic rings. The number of thioether (sulfide) groups is 4. The molecule has 0 spiro atoms. The number of ketones is 4. The van der Waals surface area contributed by atoms with Crippen LogP contribution in [-0.4, -0.2) is 322 Å². The summed E-state index contributed by atoms with van der Waals surface area (Å²) in [5.41, 5.74) is 6.91. The number of hydrogen-bond acceptors (Lipinski definition) is 29. The summed E-state index contributed by atoms with van der Waals surface area (Å²) in [7, 11) is 0. The molecule has 10 rings (SSSR count). The Hall–Kier alpha value is -8.92. The number of hydrogen-bond donors (Lipinski definition) is 15. The highest BCUT2D eigenvalue weighted by molar-refractivity contribution is 8.01. The van der Waals surface area contributed by atoms with Gasteiger partial charge in [0.1, 0.15) is 34.3 Å². The number of urea groups is 4. The number of esters is 2. The number of carbonyl (C=O) groups excluding carboxylic acids is 15. The molecule has 0 aliphatic carbocycles. The van der Waals surface area contributed by atoms with E-state index >= 15 is 0 Å². The summed E-state index contributed by atoms with van der Waals surface area (Å²) in [4.78, 5) is 196. The Labute approximate surface area is 857 Å². The molecule has 0 aromatic heterocycles. The third kappa shape index (κ3) is 49.0. The van der Waals surface area contributed by atoms with E-state index in [1.165, 1.54) is 12.1 Å². The number of nitrogens with one attached hydrogen (secondary N) is 13. The maximum atomic E-state index is 13.4. The summed E-state index contributed by atoms with van der Waals surface area (Å²) in [6.07, 6.45) is 15.4. The second-order valence-electron chi connectivity index (χ2n) is 38.9. The molecule has 16 N–H and O–H groups in total. The van der Waals surface area contributed by atoms with Gasteiger partial charge in [-0.1, -0.05) is 37.8 Å². The van der Waals surface area contributed by atoms with Crippen LogP contribution in [0.1, 0.15) is 251 Å². The van der Waals surface area contributed by atoms with Crippen LogP contribution in [0, 0.1) is 0 Å². The Kier molecular flexibility index (Phi) is 54.8. The molecule has 143 heavy (non-hydrogen) atoms. The molecule has 12 atom stereocenters. The van der Waals surface area contributed by atoms with Crippen LogP contribution in [0.15, 0.2) is 36.4 Å². The normalized spacial score (nSPS) is 20.9. The van der Waals surface area contributed by atoms with Gasteiger partial charge in [-0.2, -0.15) is 47.0 Å². The summed E-state index contributed by atoms with van der Waals surface area (Å²) in [5.74, 6) is 1.05. The van der Waals surface area contributed by atoms with Gasteiger partial charge in [-0.15, -0.1) is 0 Å². The van der Waals surface area contributed by atoms with Crippen LogP contribution in [0.2, 0.25) is 0 Å². The molecule has 0 bridgehead atoms. The minimum absolute atomic E-state index is 0.0182. The Bertz CT molecular complexity index is 4230. The predicted molar refractivity (Wildman–Crippen MR) is 547 cm³/mol. The first-order chi connectivity index (χ1) is 68.6. The monoisotopic (exact) mass is 2080 g/mol. The highest BCUT2D eigenvalue weighted by atomic mass is 32.2. The van der Waals surface area contributed by atoms with Crippen molar-refractivity contribution in [3.8, 4) is 0 Å². The fourth-order valence-corrected chi connectivity index (χ4v) is 23.7. The van der Waals surface area contributed by atoms with E-state index in [-0.39, 0.29) is 227 Å². The second-order valence-corrected chi connectivity index (χ2v) is 44.0. The highest BCUT2D eigenvalue weighted by Crippen LogP contribution is 2.37. The number of nitrogens with two attached hydrogens (primary N) is 1. The number of carbonyl (C=O) groups is 16. The topological polar surface area (TPSA) is 550 Å². The molecular weight excluding hydrogens is 1930 g/mol. The number of aromatic carboxylic acids is 1. The van der Waals surface area contributed by atoms with E-state index < -0.39 is 17.2 Å². The molecule has 8 fully saturated rings. The lowest BCUT2D eigenvalue weighted by molar-refractivity contribution is -0.157. The van der Waals surface area contributed by atoms with Crippen LogP contribution in [0.25, 0.3) is 0 Å². The minimum Gasteiger partial charge on any atom is -0.478 e. The van der Waals surface area contributed by atoms with E-state index in [9.17, 15) is 81.8 Å². The quantitative estimate of drug-likeness (QED) is 0.0176. The van der Waals surface area contributed by atoms with E-state index in [2.05, 4.69) is 69.1 Å². The van der Waals surface area contributed by atoms with E-state index in [0.29, 0.717) is 199 Å². The van der Waals surface area contributed by atoms with E-state index in [1.807, 2.05) is 88.6 Å². The van der Waals surface area contributed by atoms with Crippen molar-refractivity contribution in [1.29, 1.82) is 0 Å². The standard InChI is InChI=1S/C50H77N7O12S2.C37H52N6O8S2.C13H27NO5/c1-50(2,3)69-44(62)16-20-66-22-24-68-25-23-67-21-19-53-47(63)35-27-33(29-36(58)10-8-17-51-42(60)14-6-4-12-40-45-38(31-70-40)54-48(64)56-45)26-34(28-35)30-37(59)11-9-18-52-43(61)15-7-5-13-41-46-39(32-71-41)55-49(65)57-46;44-25(7-5-13-38-31(46)11-3-1-9-29-33-27(20-52-29)40-36(50)42-33)18-22-15-23(17-24(16-22)35(48)49)19-26(45)8-6-14-39-32(47)12-4-2-10-30-34-28(21-53-30)41-37(51)43-34;1-13(2,3)19-12(15)4-6-16-8-10-18-11-9-17-7-5-14/h26-28,38-41,45-46H,4-25,29-32H2,1-3H3,(H,51,60)(H,52,61)(H,53,63)(H2,54,56,64)(H2,55,57,65);15-17,27-30,33-34H,1-14,18-21H2,(H,38,46)(H,39,47)(H,48,49)(H2,40,42,50)(H2,41,43,51);4-11,14H2,1-3H3. The first-order valence-electron chi connectivity index (χ1n) is 50.9. The van der Waals surface area contributed by atoms with E-state index in [4.69, 9.17) is 43.6 Å². The zero-order chi connectivity index (χ0) is 103. The summed E-state index contributed by atoms with van der Waals surface area (Å²) in [6.45, 7) is 17.8. The maximum Gasteiger partial charge on any atom is 0.335 e. The number of amides is 13. The molecule has 39 nitrogen and oxygen atoms in total. The molecule has 43 heteroatoms. The van der Waals surface area contributed by atoms with Crippen LogP contribution in [-0.2, 0) is 112 Å². The molecule has 2 aromatic rings. The Morgan fingerprint density at radius 2 is 0.587 bits per heavy atom. The second kappa shape index (κ2) is 65.6. The van der Waals surface area contributed by atoms with Gasteiger partial charge in [0, 0.05) is 166 Å². The molecule has 8 saturated heterocycles. The van der Waals surface area contributed by atoms with Crippen molar-refractivity contribution in [3.63, 3.8) is 0 Å². The number of fused-ring (bicyclic) bond motifs is 4. The minimum atomic E-state index is -1.14. The van der Waals surface area contributed by atoms with Gasteiger partial charge in [0.25, 0.3) is 5.91 Å². The van der Waals surface area contributed by atoms with Gasteiger partial charge in [0.15, 0.2) is 0 Å². The van der Waals surface area contributed by atoms with Crippen molar-refractivity contribution in [3.05, 3.63) is 69.8 Å². The Morgan fingerprint density at radius 1 is 0.322 bits per heavy atom. The molecular formula is C100H156N14O25S4. The zero-order valence-corrected chi connectivity index (χ0v) is 87.4. The lowest BCUT2D eigenvalue weighted by atomic mass is 9.96. The molecule has 8 heterocycles. The van der Waals surface area contributed by atoms with Gasteiger partial charge in [-0.25, -0.2) is 24.0 Å². The lowest BCUT2D eigenvalue weighted by Gasteiger charge is -2.19. The van der Waals surface area contributed by atoms with Crippen molar-refractivity contribution < 1.29 is 120 Å². The van der Waals surface area contributed by atoms with Crippen molar-refractivity contribution in [1.82, 2.24) is 69.1 Å². The van der Waals surface area contributed by atoms with Crippen molar-refractivity contribution in [2.45, 2.75) is 315 Å². The van der Waals surface area contributed by atoms with Crippen LogP contribution in [0.4, 0.5) is 19.2 Å². The van der Waals surface area contributed by atoms with Crippen LogP contribution in [0.3, 0.4) is 0 Å². The SMILES string of the molecule is CC(C)(C)OC(=O)CCOCCOCCOCCN.CC(C)(C)OC(=O)CCOCCOCCOCCNC(=O)c1cc(CC(=O)CCCNC(=O)CCCCC2SCC3NC(=O)NC32)cc(CC(=O)CCCNC(=O)CCCCC2SCC3NC(=O)NC32)c1.O=C(CCCNC(=O)CCCCC1SCC2NC(=O)NC21)Cc1cc(CC(=O)CCCNC(=O)CCCCC2SCC3NC(=O)NC32)cc(C(=O)O)c1. The Morgan fingerprint density at radius 3 is 0.860 bits per heavy atom. The number of benzene rings is 2. The molecule has 12 unspecified atom stereocenters. The van der Waals surface area contributed by atoms with Gasteiger partial charge in [0.05, 0.1) is 146 Å². The molecule has 0 radical (unpaired) electrons. The molecule has 2 aromatic carbocycles. The van der Waals surface area contributed by atoms with Gasteiger partial charge in [-0.05, 0) is 165 Å². The van der Waals surface area contributed by atoms with Crippen molar-refractivity contribution >= 4 is 142 Å². The first kappa shape index (κ1) is 119. The fraction of sp³-hybridized carbons (Fsp3) is 0.720. The third-order valence-electron chi connectivity index (χ3n) is 24.4.